The Balaban J connectivity index is 2.21. The van der Waals surface area contributed by atoms with E-state index < -0.39 is 0 Å². The van der Waals surface area contributed by atoms with E-state index >= 15 is 0 Å². The zero-order chi connectivity index (χ0) is 13.3. The number of benzene rings is 1. The minimum absolute atomic E-state index is 0.160. The molecular weight excluding hydrogens is 228 g/mol. The van der Waals surface area contributed by atoms with Crippen molar-refractivity contribution < 1.29 is 4.92 Å². The smallest absolute Gasteiger partial charge is 0.271 e. The average Bonchev–Trinajstić information content (AvgIpc) is 2.57. The van der Waals surface area contributed by atoms with E-state index in [-0.39, 0.29) is 16.0 Å². The van der Waals surface area contributed by atoms with Crippen molar-refractivity contribution in [2.24, 2.45) is 5.41 Å². The van der Waals surface area contributed by atoms with Crippen molar-refractivity contribution in [2.45, 2.75) is 46.1 Å². The summed E-state index contributed by atoms with van der Waals surface area (Å²) in [5.41, 5.74) is 2.20. The molecule has 0 heterocycles. The van der Waals surface area contributed by atoms with E-state index in [1.165, 1.54) is 12.8 Å². The highest BCUT2D eigenvalue weighted by molar-refractivity contribution is 5.54. The quantitative estimate of drug-likeness (QED) is 0.652. The molecule has 0 spiro atoms. The van der Waals surface area contributed by atoms with Crippen LogP contribution in [-0.4, -0.2) is 11.0 Å². The third-order valence-electron chi connectivity index (χ3n) is 3.87. The second kappa shape index (κ2) is 4.59. The van der Waals surface area contributed by atoms with Crippen LogP contribution in [0.3, 0.4) is 0 Å². The summed E-state index contributed by atoms with van der Waals surface area (Å²) in [5.74, 6) is 0. The molecule has 0 amide bonds. The van der Waals surface area contributed by atoms with Gasteiger partial charge in [0, 0.05) is 23.9 Å². The predicted molar refractivity (Wildman–Crippen MR) is 72.9 cm³/mol. The molecular formula is C14H20N2O2. The van der Waals surface area contributed by atoms with Crippen molar-refractivity contribution in [3.05, 3.63) is 33.9 Å². The fraction of sp³-hybridized carbons (Fsp3) is 0.571. The number of anilines is 1. The van der Waals surface area contributed by atoms with Gasteiger partial charge in [-0.15, -0.1) is 0 Å². The first-order chi connectivity index (χ1) is 8.38. The third-order valence-corrected chi connectivity index (χ3v) is 3.87. The standard InChI is InChI=1S/C14H20N2O2/c1-10-7-11(9-12(8-10)16(17)18)15-13-5-4-6-14(13,2)3/h7-9,13,15H,4-6H2,1-3H3. The summed E-state index contributed by atoms with van der Waals surface area (Å²) in [6.45, 7) is 6.39. The Hall–Kier alpha value is -1.58. The number of hydrogen-bond acceptors (Lipinski definition) is 3. The lowest BCUT2D eigenvalue weighted by Gasteiger charge is -2.28. The van der Waals surface area contributed by atoms with E-state index in [1.54, 1.807) is 12.1 Å². The molecule has 1 fully saturated rings. The first-order valence-corrected chi connectivity index (χ1v) is 6.41. The molecule has 0 radical (unpaired) electrons. The van der Waals surface area contributed by atoms with Gasteiger partial charge < -0.3 is 5.32 Å². The Kier molecular flexibility index (Phi) is 3.28. The number of nitro groups is 1. The average molecular weight is 248 g/mol. The Bertz CT molecular complexity index is 469. The molecule has 2 rings (SSSR count). The Morgan fingerprint density at radius 3 is 2.67 bits per heavy atom. The molecule has 1 aromatic rings. The summed E-state index contributed by atoms with van der Waals surface area (Å²) in [5, 5.41) is 14.3. The van der Waals surface area contributed by atoms with Crippen molar-refractivity contribution in [1.82, 2.24) is 0 Å². The van der Waals surface area contributed by atoms with Gasteiger partial charge in [0.15, 0.2) is 0 Å². The van der Waals surface area contributed by atoms with Gasteiger partial charge in [-0.1, -0.05) is 20.3 Å². The molecule has 98 valence electrons. The van der Waals surface area contributed by atoms with Crippen LogP contribution >= 0.6 is 0 Å². The maximum absolute atomic E-state index is 10.8. The molecule has 4 nitrogen and oxygen atoms in total. The van der Waals surface area contributed by atoms with E-state index in [2.05, 4.69) is 19.2 Å². The zero-order valence-corrected chi connectivity index (χ0v) is 11.2. The fourth-order valence-electron chi connectivity index (χ4n) is 2.75. The summed E-state index contributed by atoms with van der Waals surface area (Å²) < 4.78 is 0. The van der Waals surface area contributed by atoms with E-state index in [4.69, 9.17) is 0 Å². The zero-order valence-electron chi connectivity index (χ0n) is 11.2. The van der Waals surface area contributed by atoms with Crippen molar-refractivity contribution in [2.75, 3.05) is 5.32 Å². The minimum atomic E-state index is -0.335. The Morgan fingerprint density at radius 2 is 2.11 bits per heavy atom. The second-order valence-electron chi connectivity index (χ2n) is 5.89. The molecule has 1 aliphatic carbocycles. The molecule has 1 N–H and O–H groups in total. The van der Waals surface area contributed by atoms with Crippen LogP contribution < -0.4 is 5.32 Å². The normalized spacial score (nSPS) is 21.8. The third kappa shape index (κ3) is 2.63. The van der Waals surface area contributed by atoms with Gasteiger partial charge in [0.1, 0.15) is 0 Å². The maximum Gasteiger partial charge on any atom is 0.271 e. The summed E-state index contributed by atoms with van der Waals surface area (Å²) >= 11 is 0. The summed E-state index contributed by atoms with van der Waals surface area (Å²) in [7, 11) is 0. The Morgan fingerprint density at radius 1 is 1.39 bits per heavy atom. The van der Waals surface area contributed by atoms with Gasteiger partial charge in [-0.3, -0.25) is 10.1 Å². The van der Waals surface area contributed by atoms with Gasteiger partial charge in [-0.05, 0) is 36.8 Å². The highest BCUT2D eigenvalue weighted by atomic mass is 16.6. The van der Waals surface area contributed by atoms with Crippen LogP contribution in [0.1, 0.15) is 38.7 Å². The van der Waals surface area contributed by atoms with Crippen molar-refractivity contribution in [3.8, 4) is 0 Å². The van der Waals surface area contributed by atoms with Crippen LogP contribution in [0.2, 0.25) is 0 Å². The lowest BCUT2D eigenvalue weighted by Crippen LogP contribution is -2.30. The van der Waals surface area contributed by atoms with E-state index in [9.17, 15) is 10.1 Å². The number of aryl methyl sites for hydroxylation is 1. The van der Waals surface area contributed by atoms with Gasteiger partial charge >= 0.3 is 0 Å². The van der Waals surface area contributed by atoms with Crippen LogP contribution in [0.25, 0.3) is 0 Å². The van der Waals surface area contributed by atoms with E-state index in [0.717, 1.165) is 17.7 Å². The first kappa shape index (κ1) is 12.9. The van der Waals surface area contributed by atoms with Crippen molar-refractivity contribution in [3.63, 3.8) is 0 Å². The highest BCUT2D eigenvalue weighted by Gasteiger charge is 2.34. The molecule has 0 aromatic heterocycles. The van der Waals surface area contributed by atoms with Gasteiger partial charge in [-0.2, -0.15) is 0 Å². The minimum Gasteiger partial charge on any atom is -0.382 e. The first-order valence-electron chi connectivity index (χ1n) is 6.41. The second-order valence-corrected chi connectivity index (χ2v) is 5.89. The fourth-order valence-corrected chi connectivity index (χ4v) is 2.75. The predicted octanol–water partition coefficient (Wildman–Crippen LogP) is 3.89. The van der Waals surface area contributed by atoms with Crippen LogP contribution in [0.5, 0.6) is 0 Å². The number of nitro benzene ring substituents is 1. The number of nitrogens with one attached hydrogen (secondary N) is 1. The Labute approximate surface area is 108 Å². The number of nitrogens with zero attached hydrogens (tertiary/aromatic N) is 1. The van der Waals surface area contributed by atoms with Gasteiger partial charge in [0.2, 0.25) is 0 Å². The van der Waals surface area contributed by atoms with Crippen LogP contribution in [0.15, 0.2) is 18.2 Å². The molecule has 0 bridgehead atoms. The topological polar surface area (TPSA) is 55.2 Å². The molecule has 1 unspecified atom stereocenters. The van der Waals surface area contributed by atoms with Crippen LogP contribution in [0, 0.1) is 22.5 Å². The van der Waals surface area contributed by atoms with Crippen LogP contribution in [0.4, 0.5) is 11.4 Å². The number of rotatable bonds is 3. The summed E-state index contributed by atoms with van der Waals surface area (Å²) in [6.07, 6.45) is 3.56. The molecule has 1 saturated carbocycles. The van der Waals surface area contributed by atoms with E-state index in [1.807, 2.05) is 13.0 Å². The lowest BCUT2D eigenvalue weighted by atomic mass is 9.87. The molecule has 0 aliphatic heterocycles. The molecule has 1 atom stereocenters. The van der Waals surface area contributed by atoms with Gasteiger partial charge in [0.05, 0.1) is 4.92 Å². The molecule has 1 aromatic carbocycles. The molecule has 4 heteroatoms. The highest BCUT2D eigenvalue weighted by Crippen LogP contribution is 2.39. The number of non-ortho nitro benzene ring substituents is 1. The lowest BCUT2D eigenvalue weighted by molar-refractivity contribution is -0.384. The van der Waals surface area contributed by atoms with E-state index in [0.29, 0.717) is 6.04 Å². The largest absolute Gasteiger partial charge is 0.382 e. The summed E-state index contributed by atoms with van der Waals surface area (Å²) in [4.78, 5) is 10.5. The van der Waals surface area contributed by atoms with Crippen LogP contribution in [-0.2, 0) is 0 Å². The summed E-state index contributed by atoms with van der Waals surface area (Å²) in [6, 6.07) is 5.60. The molecule has 18 heavy (non-hydrogen) atoms. The molecule has 1 aliphatic rings. The monoisotopic (exact) mass is 248 g/mol. The molecule has 0 saturated heterocycles. The van der Waals surface area contributed by atoms with Gasteiger partial charge in [0.25, 0.3) is 5.69 Å². The van der Waals surface area contributed by atoms with Crippen molar-refractivity contribution >= 4 is 11.4 Å². The SMILES string of the molecule is Cc1cc(NC2CCCC2(C)C)cc([N+](=O)[O-])c1. The number of hydrogen-bond donors (Lipinski definition) is 1. The maximum atomic E-state index is 10.8. The van der Waals surface area contributed by atoms with Gasteiger partial charge in [-0.25, -0.2) is 0 Å². The van der Waals surface area contributed by atoms with Crippen molar-refractivity contribution in [1.29, 1.82) is 0 Å².